The van der Waals surface area contributed by atoms with Crippen LogP contribution in [0.2, 0.25) is 0 Å². The lowest BCUT2D eigenvalue weighted by atomic mass is 9.85. The molecule has 1 fully saturated rings. The average molecular weight is 409 g/mol. The van der Waals surface area contributed by atoms with Crippen LogP contribution >= 0.6 is 11.3 Å². The Morgan fingerprint density at radius 1 is 1.07 bits per heavy atom. The molecule has 2 aromatic heterocycles. The SMILES string of the molecule is Cc1cccc(CN2CC[C@]3(CCn4c3nn(Cc3cccs3)c(=O)c4=O)C2)c1. The zero-order chi connectivity index (χ0) is 20.0. The second kappa shape index (κ2) is 7.07. The predicted molar refractivity (Wildman–Crippen MR) is 114 cm³/mol. The van der Waals surface area contributed by atoms with Gasteiger partial charge in [0.05, 0.1) is 6.54 Å². The van der Waals surface area contributed by atoms with Gasteiger partial charge >= 0.3 is 11.1 Å². The molecule has 1 spiro atoms. The molecule has 0 N–H and O–H groups in total. The predicted octanol–water partition coefficient (Wildman–Crippen LogP) is 2.37. The number of hydrogen-bond donors (Lipinski definition) is 0. The molecule has 3 aromatic rings. The van der Waals surface area contributed by atoms with E-state index in [1.807, 2.05) is 17.5 Å². The van der Waals surface area contributed by atoms with Crippen molar-refractivity contribution in [3.8, 4) is 0 Å². The summed E-state index contributed by atoms with van der Waals surface area (Å²) in [6.45, 7) is 5.84. The van der Waals surface area contributed by atoms with E-state index in [1.165, 1.54) is 15.8 Å². The van der Waals surface area contributed by atoms with Gasteiger partial charge in [0.15, 0.2) is 0 Å². The number of likely N-dealkylation sites (tertiary alicyclic amines) is 1. The molecule has 2 aliphatic heterocycles. The number of aryl methyl sites for hydroxylation is 1. The molecule has 7 heteroatoms. The minimum atomic E-state index is -0.520. The van der Waals surface area contributed by atoms with E-state index in [0.29, 0.717) is 13.1 Å². The summed E-state index contributed by atoms with van der Waals surface area (Å²) in [6, 6.07) is 12.5. The number of fused-ring (bicyclic) bond motifs is 2. The Hall–Kier alpha value is -2.51. The summed E-state index contributed by atoms with van der Waals surface area (Å²) in [7, 11) is 0. The lowest BCUT2D eigenvalue weighted by Crippen LogP contribution is -2.45. The summed E-state index contributed by atoms with van der Waals surface area (Å²) < 4.78 is 3.00. The van der Waals surface area contributed by atoms with Gasteiger partial charge in [-0.25, -0.2) is 4.68 Å². The van der Waals surface area contributed by atoms with E-state index in [4.69, 9.17) is 5.10 Å². The Labute approximate surface area is 173 Å². The lowest BCUT2D eigenvalue weighted by Gasteiger charge is -2.24. The van der Waals surface area contributed by atoms with Crippen molar-refractivity contribution < 1.29 is 0 Å². The topological polar surface area (TPSA) is 60.1 Å². The van der Waals surface area contributed by atoms with Crippen molar-refractivity contribution in [2.24, 2.45) is 0 Å². The van der Waals surface area contributed by atoms with Gasteiger partial charge in [0.2, 0.25) is 0 Å². The first-order valence-corrected chi connectivity index (χ1v) is 10.9. The van der Waals surface area contributed by atoms with E-state index in [1.54, 1.807) is 15.9 Å². The molecular weight excluding hydrogens is 384 g/mol. The molecule has 1 aromatic carbocycles. The molecule has 29 heavy (non-hydrogen) atoms. The lowest BCUT2D eigenvalue weighted by molar-refractivity contribution is 0.298. The maximum absolute atomic E-state index is 12.7. The Kier molecular flexibility index (Phi) is 4.52. The quantitative estimate of drug-likeness (QED) is 0.622. The fourth-order valence-electron chi connectivity index (χ4n) is 4.78. The minimum Gasteiger partial charge on any atom is -0.298 e. The average Bonchev–Trinajstić information content (AvgIpc) is 3.42. The van der Waals surface area contributed by atoms with Gasteiger partial charge in [0, 0.05) is 29.9 Å². The van der Waals surface area contributed by atoms with Crippen molar-refractivity contribution in [3.05, 3.63) is 84.3 Å². The Balaban J connectivity index is 1.45. The van der Waals surface area contributed by atoms with E-state index >= 15 is 0 Å². The fraction of sp³-hybridized carbons (Fsp3) is 0.409. The monoisotopic (exact) mass is 408 g/mol. The van der Waals surface area contributed by atoms with Crippen molar-refractivity contribution in [1.82, 2.24) is 19.2 Å². The number of thiophene rings is 1. The first-order chi connectivity index (χ1) is 14.0. The zero-order valence-corrected chi connectivity index (χ0v) is 17.3. The highest BCUT2D eigenvalue weighted by Crippen LogP contribution is 2.40. The summed E-state index contributed by atoms with van der Waals surface area (Å²) >= 11 is 1.58. The van der Waals surface area contributed by atoms with Gasteiger partial charge in [0.25, 0.3) is 0 Å². The highest BCUT2D eigenvalue weighted by atomic mass is 32.1. The Morgan fingerprint density at radius 2 is 1.93 bits per heavy atom. The van der Waals surface area contributed by atoms with Crippen molar-refractivity contribution in [2.75, 3.05) is 13.1 Å². The maximum atomic E-state index is 12.7. The van der Waals surface area contributed by atoms with Crippen LogP contribution in [0.25, 0.3) is 0 Å². The smallest absolute Gasteiger partial charge is 0.298 e. The van der Waals surface area contributed by atoms with Crippen LogP contribution in [-0.2, 0) is 25.0 Å². The molecule has 150 valence electrons. The minimum absolute atomic E-state index is 0.131. The molecule has 5 rings (SSSR count). The standard InChI is InChI=1S/C22H24N4O2S/c1-16-4-2-5-17(12-16)13-24-9-7-22(15-24)8-10-25-19(27)20(28)26(23-21(22)25)14-18-6-3-11-29-18/h2-6,11-12H,7-10,13-15H2,1H3/t22-/m0/s1. The molecule has 0 radical (unpaired) electrons. The summed E-state index contributed by atoms with van der Waals surface area (Å²) in [5.41, 5.74) is 1.50. The van der Waals surface area contributed by atoms with Gasteiger partial charge in [-0.2, -0.15) is 5.10 Å². The molecule has 1 saturated heterocycles. The van der Waals surface area contributed by atoms with Crippen molar-refractivity contribution in [3.63, 3.8) is 0 Å². The van der Waals surface area contributed by atoms with Crippen LogP contribution in [0.5, 0.6) is 0 Å². The molecule has 0 bridgehead atoms. The van der Waals surface area contributed by atoms with E-state index in [-0.39, 0.29) is 5.41 Å². The summed E-state index contributed by atoms with van der Waals surface area (Å²) in [5, 5.41) is 6.70. The molecule has 6 nitrogen and oxygen atoms in total. The zero-order valence-electron chi connectivity index (χ0n) is 16.5. The summed E-state index contributed by atoms with van der Waals surface area (Å²) in [6.07, 6.45) is 1.85. The van der Waals surface area contributed by atoms with Crippen LogP contribution in [0.4, 0.5) is 0 Å². The number of benzene rings is 1. The van der Waals surface area contributed by atoms with E-state index in [0.717, 1.165) is 43.2 Å². The summed E-state index contributed by atoms with van der Waals surface area (Å²) in [5.74, 6) is 0.797. The van der Waals surface area contributed by atoms with Crippen LogP contribution in [0.3, 0.4) is 0 Å². The van der Waals surface area contributed by atoms with Crippen LogP contribution in [0.1, 0.15) is 34.7 Å². The van der Waals surface area contributed by atoms with E-state index in [2.05, 4.69) is 36.1 Å². The van der Waals surface area contributed by atoms with Crippen molar-refractivity contribution >= 4 is 11.3 Å². The third-order valence-corrected chi connectivity index (χ3v) is 7.09. The van der Waals surface area contributed by atoms with Crippen LogP contribution < -0.4 is 11.1 Å². The largest absolute Gasteiger partial charge is 0.332 e. The molecule has 0 saturated carbocycles. The maximum Gasteiger partial charge on any atom is 0.332 e. The number of rotatable bonds is 4. The number of aromatic nitrogens is 3. The second-order valence-electron chi connectivity index (χ2n) is 8.30. The van der Waals surface area contributed by atoms with E-state index in [9.17, 15) is 9.59 Å². The molecular formula is C22H24N4O2S. The van der Waals surface area contributed by atoms with E-state index < -0.39 is 11.1 Å². The first-order valence-electron chi connectivity index (χ1n) is 10.1. The third kappa shape index (κ3) is 3.28. The van der Waals surface area contributed by atoms with Crippen LogP contribution in [0.15, 0.2) is 51.4 Å². The van der Waals surface area contributed by atoms with Crippen LogP contribution in [0, 0.1) is 6.92 Å². The van der Waals surface area contributed by atoms with Crippen LogP contribution in [-0.4, -0.2) is 32.3 Å². The normalized spacial score (nSPS) is 21.1. The summed E-state index contributed by atoms with van der Waals surface area (Å²) in [4.78, 5) is 28.8. The third-order valence-electron chi connectivity index (χ3n) is 6.23. The Bertz CT molecular complexity index is 1160. The number of nitrogens with zero attached hydrogens (tertiary/aromatic N) is 4. The molecule has 1 atom stereocenters. The van der Waals surface area contributed by atoms with Gasteiger partial charge in [0.1, 0.15) is 5.82 Å². The molecule has 0 aliphatic carbocycles. The van der Waals surface area contributed by atoms with Gasteiger partial charge in [-0.3, -0.25) is 19.1 Å². The second-order valence-corrected chi connectivity index (χ2v) is 9.33. The highest BCUT2D eigenvalue weighted by molar-refractivity contribution is 7.09. The van der Waals surface area contributed by atoms with Gasteiger partial charge in [-0.1, -0.05) is 35.9 Å². The van der Waals surface area contributed by atoms with Gasteiger partial charge in [-0.15, -0.1) is 11.3 Å². The van der Waals surface area contributed by atoms with Gasteiger partial charge < -0.3 is 0 Å². The molecule has 2 aliphatic rings. The van der Waals surface area contributed by atoms with Gasteiger partial charge in [-0.05, 0) is 43.3 Å². The van der Waals surface area contributed by atoms with Crippen molar-refractivity contribution in [2.45, 2.75) is 44.8 Å². The molecule has 0 amide bonds. The Morgan fingerprint density at radius 3 is 2.72 bits per heavy atom. The highest BCUT2D eigenvalue weighted by Gasteiger charge is 2.47. The van der Waals surface area contributed by atoms with Crippen molar-refractivity contribution in [1.29, 1.82) is 0 Å². The number of hydrogen-bond acceptors (Lipinski definition) is 5. The molecule has 0 unspecified atom stereocenters. The first kappa shape index (κ1) is 18.5. The fourth-order valence-corrected chi connectivity index (χ4v) is 5.46. The molecule has 4 heterocycles.